The lowest BCUT2D eigenvalue weighted by Gasteiger charge is -2.14. The number of nitrogens with one attached hydrogen (secondary N) is 1. The Labute approximate surface area is 180 Å². The minimum atomic E-state index is -0.469. The predicted molar refractivity (Wildman–Crippen MR) is 120 cm³/mol. The highest BCUT2D eigenvalue weighted by Crippen LogP contribution is 2.27. The summed E-state index contributed by atoms with van der Waals surface area (Å²) < 4.78 is 13.6. The maximum atomic E-state index is 13.6. The molecule has 0 radical (unpaired) electrons. The highest BCUT2D eigenvalue weighted by molar-refractivity contribution is 6.31. The smallest absolute Gasteiger partial charge is 0.252 e. The Morgan fingerprint density at radius 2 is 1.55 bits per heavy atom. The number of benzene rings is 3. The first kappa shape index (κ1) is 21.1. The molecule has 1 amide bonds. The predicted octanol–water partition coefficient (Wildman–Crippen LogP) is 7.11. The second kappa shape index (κ2) is 9.25. The van der Waals surface area contributed by atoms with E-state index in [4.69, 9.17) is 23.2 Å². The molecule has 0 heterocycles. The van der Waals surface area contributed by atoms with Crippen molar-refractivity contribution in [1.29, 1.82) is 0 Å². The highest BCUT2D eigenvalue weighted by atomic mass is 35.5. The molecule has 29 heavy (non-hydrogen) atoms. The largest absolute Gasteiger partial charge is 0.350 e. The van der Waals surface area contributed by atoms with Gasteiger partial charge in [0.1, 0.15) is 5.82 Å². The molecule has 0 aliphatic heterocycles. The van der Waals surface area contributed by atoms with Gasteiger partial charge in [0.2, 0.25) is 0 Å². The normalized spacial score (nSPS) is 11.2. The lowest BCUT2D eigenvalue weighted by molar-refractivity contribution is 0.0943. The molecule has 0 unspecified atom stereocenters. The van der Waals surface area contributed by atoms with Gasteiger partial charge in [0.15, 0.2) is 0 Å². The van der Waals surface area contributed by atoms with Crippen molar-refractivity contribution in [3.63, 3.8) is 0 Å². The summed E-state index contributed by atoms with van der Waals surface area (Å²) in [5.41, 5.74) is 3.78. The van der Waals surface area contributed by atoms with Crippen molar-refractivity contribution in [3.8, 4) is 11.1 Å². The van der Waals surface area contributed by atoms with Crippen molar-refractivity contribution in [2.75, 3.05) is 0 Å². The number of carbonyl (C=O) groups excluding carboxylic acids is 1. The van der Waals surface area contributed by atoms with Gasteiger partial charge in [-0.3, -0.25) is 4.79 Å². The maximum absolute atomic E-state index is 13.6. The molecule has 0 saturated heterocycles. The third kappa shape index (κ3) is 5.47. The number of amides is 1. The lowest BCUT2D eigenvalue weighted by atomic mass is 9.96. The second-order valence-corrected chi connectivity index (χ2v) is 7.79. The van der Waals surface area contributed by atoms with E-state index in [0.717, 1.165) is 16.7 Å². The van der Waals surface area contributed by atoms with Crippen molar-refractivity contribution in [1.82, 2.24) is 5.32 Å². The number of halogens is 3. The first-order valence-corrected chi connectivity index (χ1v) is 9.93. The standard InChI is InChI=1S/C24H20Cl2FNO/c1-15(2)28-24(29)21-13-16(3-4-17-6-12-22(26)23(27)14-17)5-11-20(21)18-7-9-19(25)10-8-18/h3-15H,1-2H3,(H,28,29)/b4-3+. The Balaban J connectivity index is 1.99. The van der Waals surface area contributed by atoms with Crippen LogP contribution >= 0.6 is 23.2 Å². The molecule has 0 aliphatic carbocycles. The fourth-order valence-electron chi connectivity index (χ4n) is 2.88. The molecule has 3 aromatic rings. The zero-order valence-corrected chi connectivity index (χ0v) is 17.6. The number of carbonyl (C=O) groups is 1. The maximum Gasteiger partial charge on any atom is 0.252 e. The van der Waals surface area contributed by atoms with Crippen LogP contribution in [0, 0.1) is 5.82 Å². The average Bonchev–Trinajstić information content (AvgIpc) is 2.69. The van der Waals surface area contributed by atoms with Crippen LogP contribution in [0.15, 0.2) is 60.7 Å². The van der Waals surface area contributed by atoms with Gasteiger partial charge in [-0.15, -0.1) is 0 Å². The molecular formula is C24H20Cl2FNO. The zero-order valence-electron chi connectivity index (χ0n) is 16.0. The van der Waals surface area contributed by atoms with Crippen LogP contribution in [-0.4, -0.2) is 11.9 Å². The number of hydrogen-bond donors (Lipinski definition) is 1. The number of hydrogen-bond acceptors (Lipinski definition) is 1. The summed E-state index contributed by atoms with van der Waals surface area (Å²) in [6, 6.07) is 17.6. The van der Waals surface area contributed by atoms with Crippen molar-refractivity contribution < 1.29 is 9.18 Å². The van der Waals surface area contributed by atoms with Crippen LogP contribution < -0.4 is 5.32 Å². The Bertz CT molecular complexity index is 1060. The first-order chi connectivity index (χ1) is 13.8. The van der Waals surface area contributed by atoms with E-state index in [1.807, 2.05) is 50.3 Å². The van der Waals surface area contributed by atoms with E-state index >= 15 is 0 Å². The summed E-state index contributed by atoms with van der Waals surface area (Å²) in [6.07, 6.45) is 3.61. The molecule has 3 aromatic carbocycles. The van der Waals surface area contributed by atoms with Gasteiger partial charge in [-0.2, -0.15) is 0 Å². The van der Waals surface area contributed by atoms with E-state index in [2.05, 4.69) is 5.32 Å². The van der Waals surface area contributed by atoms with Crippen LogP contribution in [0.4, 0.5) is 4.39 Å². The molecule has 1 N–H and O–H groups in total. The van der Waals surface area contributed by atoms with Crippen LogP contribution in [-0.2, 0) is 0 Å². The SMILES string of the molecule is CC(C)NC(=O)c1cc(/C=C/c2ccc(Cl)c(F)c2)ccc1-c1ccc(Cl)cc1. The van der Waals surface area contributed by atoms with Gasteiger partial charge >= 0.3 is 0 Å². The van der Waals surface area contributed by atoms with Crippen LogP contribution in [0.3, 0.4) is 0 Å². The molecule has 3 rings (SSSR count). The molecule has 2 nitrogen and oxygen atoms in total. The highest BCUT2D eigenvalue weighted by Gasteiger charge is 2.14. The molecule has 0 aromatic heterocycles. The van der Waals surface area contributed by atoms with Gasteiger partial charge in [-0.1, -0.05) is 65.7 Å². The summed E-state index contributed by atoms with van der Waals surface area (Å²) in [7, 11) is 0. The Kier molecular flexibility index (Phi) is 6.73. The minimum Gasteiger partial charge on any atom is -0.350 e. The molecule has 5 heteroatoms. The van der Waals surface area contributed by atoms with E-state index in [-0.39, 0.29) is 17.0 Å². The summed E-state index contributed by atoms with van der Waals surface area (Å²) in [6.45, 7) is 3.83. The first-order valence-electron chi connectivity index (χ1n) is 9.17. The van der Waals surface area contributed by atoms with Gasteiger partial charge in [0, 0.05) is 16.6 Å². The summed E-state index contributed by atoms with van der Waals surface area (Å²) >= 11 is 11.7. The van der Waals surface area contributed by atoms with Crippen LogP contribution in [0.5, 0.6) is 0 Å². The monoisotopic (exact) mass is 427 g/mol. The third-order valence-electron chi connectivity index (χ3n) is 4.28. The summed E-state index contributed by atoms with van der Waals surface area (Å²) in [4.78, 5) is 12.8. The third-order valence-corrected chi connectivity index (χ3v) is 4.83. The van der Waals surface area contributed by atoms with E-state index in [0.29, 0.717) is 16.1 Å². The van der Waals surface area contributed by atoms with Gasteiger partial charge in [0.05, 0.1) is 5.02 Å². The van der Waals surface area contributed by atoms with E-state index in [1.54, 1.807) is 24.3 Å². The Hall–Kier alpha value is -2.62. The van der Waals surface area contributed by atoms with Gasteiger partial charge in [-0.25, -0.2) is 4.39 Å². The molecule has 0 spiro atoms. The van der Waals surface area contributed by atoms with Crippen LogP contribution in [0.25, 0.3) is 23.3 Å². The Morgan fingerprint density at radius 3 is 2.17 bits per heavy atom. The molecule has 0 aliphatic rings. The van der Waals surface area contributed by atoms with E-state index in [9.17, 15) is 9.18 Å². The second-order valence-electron chi connectivity index (χ2n) is 6.95. The van der Waals surface area contributed by atoms with Crippen molar-refractivity contribution in [3.05, 3.63) is 93.2 Å². The van der Waals surface area contributed by atoms with Crippen molar-refractivity contribution >= 4 is 41.3 Å². The molecule has 148 valence electrons. The van der Waals surface area contributed by atoms with Crippen LogP contribution in [0.1, 0.15) is 35.3 Å². The zero-order chi connectivity index (χ0) is 21.0. The lowest BCUT2D eigenvalue weighted by Crippen LogP contribution is -2.30. The van der Waals surface area contributed by atoms with E-state index < -0.39 is 5.82 Å². The van der Waals surface area contributed by atoms with Gasteiger partial charge in [0.25, 0.3) is 5.91 Å². The fraction of sp³-hybridized carbons (Fsp3) is 0.125. The molecule has 0 saturated carbocycles. The van der Waals surface area contributed by atoms with Crippen molar-refractivity contribution in [2.24, 2.45) is 0 Å². The average molecular weight is 428 g/mol. The minimum absolute atomic E-state index is 0.0109. The van der Waals surface area contributed by atoms with Gasteiger partial charge in [-0.05, 0) is 66.4 Å². The molecular weight excluding hydrogens is 408 g/mol. The Morgan fingerprint density at radius 1 is 0.931 bits per heavy atom. The summed E-state index contributed by atoms with van der Waals surface area (Å²) in [5, 5.41) is 3.66. The molecule has 0 bridgehead atoms. The topological polar surface area (TPSA) is 29.1 Å². The van der Waals surface area contributed by atoms with E-state index in [1.165, 1.54) is 12.1 Å². The molecule has 0 atom stereocenters. The summed E-state index contributed by atoms with van der Waals surface area (Å²) in [5.74, 6) is -0.623. The number of rotatable bonds is 5. The van der Waals surface area contributed by atoms with Crippen molar-refractivity contribution in [2.45, 2.75) is 19.9 Å². The molecule has 0 fully saturated rings. The fourth-order valence-corrected chi connectivity index (χ4v) is 3.13. The van der Waals surface area contributed by atoms with Gasteiger partial charge < -0.3 is 5.32 Å². The van der Waals surface area contributed by atoms with Crippen LogP contribution in [0.2, 0.25) is 10.0 Å². The quantitative estimate of drug-likeness (QED) is 0.431.